The molecule has 1 heterocycles. The Hall–Kier alpha value is -1.32. The quantitative estimate of drug-likeness (QED) is 0.770. The normalized spacial score (nSPS) is 10.4. The molecule has 0 radical (unpaired) electrons. The average molecular weight is 222 g/mol. The summed E-state index contributed by atoms with van der Waals surface area (Å²) in [5.74, 6) is 1.42. The summed E-state index contributed by atoms with van der Waals surface area (Å²) in [6.45, 7) is 6.50. The van der Waals surface area contributed by atoms with Crippen LogP contribution in [0.4, 0.5) is 11.6 Å². The number of nitrogens with zero attached hydrogens (tertiary/aromatic N) is 3. The summed E-state index contributed by atoms with van der Waals surface area (Å²) in [6, 6.07) is 0. The molecule has 1 aromatic rings. The van der Waals surface area contributed by atoms with Crippen LogP contribution in [0, 0.1) is 0 Å². The van der Waals surface area contributed by atoms with Crippen molar-refractivity contribution in [3.05, 3.63) is 12.4 Å². The van der Waals surface area contributed by atoms with E-state index in [2.05, 4.69) is 28.7 Å². The molecule has 0 atom stereocenters. The van der Waals surface area contributed by atoms with Gasteiger partial charge in [-0.3, -0.25) is 0 Å². The molecule has 0 amide bonds. The van der Waals surface area contributed by atoms with Gasteiger partial charge in [0.15, 0.2) is 0 Å². The van der Waals surface area contributed by atoms with E-state index in [1.165, 1.54) is 25.7 Å². The molecule has 0 bridgehead atoms. The van der Waals surface area contributed by atoms with E-state index in [1.807, 2.05) is 0 Å². The van der Waals surface area contributed by atoms with Gasteiger partial charge in [0, 0.05) is 13.1 Å². The van der Waals surface area contributed by atoms with Crippen molar-refractivity contribution in [2.45, 2.75) is 39.5 Å². The lowest BCUT2D eigenvalue weighted by molar-refractivity contribution is 0.670. The molecule has 0 unspecified atom stereocenters. The number of unbranched alkanes of at least 4 members (excludes halogenated alkanes) is 2. The van der Waals surface area contributed by atoms with Crippen LogP contribution in [-0.4, -0.2) is 23.1 Å². The molecular formula is C12H22N4. The zero-order chi connectivity index (χ0) is 11.8. The lowest BCUT2D eigenvalue weighted by atomic mass is 10.2. The summed E-state index contributed by atoms with van der Waals surface area (Å²) in [4.78, 5) is 10.7. The van der Waals surface area contributed by atoms with Gasteiger partial charge in [-0.05, 0) is 12.8 Å². The topological polar surface area (TPSA) is 55.0 Å². The summed E-state index contributed by atoms with van der Waals surface area (Å²) in [5.41, 5.74) is 5.53. The fourth-order valence-electron chi connectivity index (χ4n) is 1.53. The Kier molecular flexibility index (Phi) is 5.61. The van der Waals surface area contributed by atoms with Crippen molar-refractivity contribution < 1.29 is 0 Å². The third kappa shape index (κ3) is 4.04. The molecule has 0 aliphatic carbocycles. The first kappa shape index (κ1) is 12.7. The van der Waals surface area contributed by atoms with E-state index in [-0.39, 0.29) is 0 Å². The maximum Gasteiger partial charge on any atom is 0.147 e. The van der Waals surface area contributed by atoms with Crippen molar-refractivity contribution in [3.8, 4) is 0 Å². The predicted octanol–water partition coefficient (Wildman–Crippen LogP) is 2.47. The lowest BCUT2D eigenvalue weighted by Gasteiger charge is -2.22. The number of aromatic nitrogens is 2. The number of rotatable bonds is 7. The lowest BCUT2D eigenvalue weighted by Crippen LogP contribution is -2.26. The molecule has 0 saturated heterocycles. The minimum absolute atomic E-state index is 0.481. The van der Waals surface area contributed by atoms with Gasteiger partial charge in [0.2, 0.25) is 0 Å². The van der Waals surface area contributed by atoms with E-state index in [4.69, 9.17) is 5.73 Å². The first-order valence-corrected chi connectivity index (χ1v) is 6.10. The van der Waals surface area contributed by atoms with Crippen LogP contribution in [0.25, 0.3) is 0 Å². The molecule has 1 rings (SSSR count). The molecule has 4 nitrogen and oxygen atoms in total. The molecule has 0 spiro atoms. The van der Waals surface area contributed by atoms with Crippen LogP contribution in [0.1, 0.15) is 39.5 Å². The van der Waals surface area contributed by atoms with E-state index >= 15 is 0 Å². The molecule has 16 heavy (non-hydrogen) atoms. The molecule has 0 saturated carbocycles. The fourth-order valence-corrected chi connectivity index (χ4v) is 1.53. The minimum atomic E-state index is 0.481. The highest BCUT2D eigenvalue weighted by atomic mass is 15.2. The van der Waals surface area contributed by atoms with Gasteiger partial charge in [-0.25, -0.2) is 9.97 Å². The summed E-state index contributed by atoms with van der Waals surface area (Å²) in [7, 11) is 0. The van der Waals surface area contributed by atoms with Crippen molar-refractivity contribution in [1.82, 2.24) is 9.97 Å². The summed E-state index contributed by atoms with van der Waals surface area (Å²) >= 11 is 0. The van der Waals surface area contributed by atoms with Crippen LogP contribution in [0.2, 0.25) is 0 Å². The fraction of sp³-hybridized carbons (Fsp3) is 0.667. The maximum atomic E-state index is 5.53. The average Bonchev–Trinajstić information content (AvgIpc) is 2.31. The van der Waals surface area contributed by atoms with Gasteiger partial charge in [0.1, 0.15) is 11.6 Å². The van der Waals surface area contributed by atoms with Crippen LogP contribution in [0.3, 0.4) is 0 Å². The van der Waals surface area contributed by atoms with E-state index < -0.39 is 0 Å². The van der Waals surface area contributed by atoms with Gasteiger partial charge in [-0.15, -0.1) is 0 Å². The second-order valence-electron chi connectivity index (χ2n) is 3.99. The van der Waals surface area contributed by atoms with Gasteiger partial charge in [0.25, 0.3) is 0 Å². The highest BCUT2D eigenvalue weighted by molar-refractivity contribution is 5.39. The summed E-state index contributed by atoms with van der Waals surface area (Å²) in [5, 5.41) is 0. The monoisotopic (exact) mass is 222 g/mol. The predicted molar refractivity (Wildman–Crippen MR) is 68.5 cm³/mol. The third-order valence-corrected chi connectivity index (χ3v) is 2.55. The minimum Gasteiger partial charge on any atom is -0.382 e. The van der Waals surface area contributed by atoms with Gasteiger partial charge in [-0.2, -0.15) is 0 Å². The van der Waals surface area contributed by atoms with Crippen LogP contribution in [0.5, 0.6) is 0 Å². The van der Waals surface area contributed by atoms with Gasteiger partial charge in [-0.1, -0.05) is 26.7 Å². The molecule has 0 aliphatic heterocycles. The first-order chi connectivity index (χ1) is 7.77. The van der Waals surface area contributed by atoms with Crippen molar-refractivity contribution in [2.75, 3.05) is 23.7 Å². The Morgan fingerprint density at radius 3 is 2.12 bits per heavy atom. The molecule has 0 fully saturated rings. The SMILES string of the molecule is CCCCN(CCCC)c1cnc(N)cn1. The highest BCUT2D eigenvalue weighted by Gasteiger charge is 2.06. The number of hydrogen-bond donors (Lipinski definition) is 1. The third-order valence-electron chi connectivity index (χ3n) is 2.55. The number of nitrogen functional groups attached to an aromatic ring is 1. The Morgan fingerprint density at radius 1 is 1.06 bits per heavy atom. The van der Waals surface area contributed by atoms with Crippen LogP contribution in [-0.2, 0) is 0 Å². The van der Waals surface area contributed by atoms with Gasteiger partial charge >= 0.3 is 0 Å². The number of nitrogens with two attached hydrogens (primary N) is 1. The standard InChI is InChI=1S/C12H22N4/c1-3-5-7-16(8-6-4-2)12-10-14-11(13)9-15-12/h9-10H,3-8H2,1-2H3,(H2,13,14). The maximum absolute atomic E-state index is 5.53. The van der Waals surface area contributed by atoms with Gasteiger partial charge < -0.3 is 10.6 Å². The van der Waals surface area contributed by atoms with E-state index in [1.54, 1.807) is 12.4 Å². The molecule has 0 aliphatic rings. The molecule has 1 aromatic heterocycles. The zero-order valence-corrected chi connectivity index (χ0v) is 10.3. The number of anilines is 2. The molecular weight excluding hydrogens is 200 g/mol. The Labute approximate surface area is 97.9 Å². The van der Waals surface area contributed by atoms with E-state index in [9.17, 15) is 0 Å². The van der Waals surface area contributed by atoms with Crippen molar-refractivity contribution in [1.29, 1.82) is 0 Å². The van der Waals surface area contributed by atoms with Crippen molar-refractivity contribution in [2.24, 2.45) is 0 Å². The first-order valence-electron chi connectivity index (χ1n) is 6.10. The zero-order valence-electron chi connectivity index (χ0n) is 10.3. The van der Waals surface area contributed by atoms with Crippen LogP contribution >= 0.6 is 0 Å². The van der Waals surface area contributed by atoms with E-state index in [0.29, 0.717) is 5.82 Å². The molecule has 90 valence electrons. The molecule has 0 aromatic carbocycles. The molecule has 2 N–H and O–H groups in total. The Morgan fingerprint density at radius 2 is 1.69 bits per heavy atom. The second-order valence-corrected chi connectivity index (χ2v) is 3.99. The van der Waals surface area contributed by atoms with Crippen LogP contribution < -0.4 is 10.6 Å². The number of hydrogen-bond acceptors (Lipinski definition) is 4. The van der Waals surface area contributed by atoms with Crippen molar-refractivity contribution >= 4 is 11.6 Å². The largest absolute Gasteiger partial charge is 0.382 e. The molecule has 4 heteroatoms. The summed E-state index contributed by atoms with van der Waals surface area (Å²) in [6.07, 6.45) is 8.17. The van der Waals surface area contributed by atoms with E-state index in [0.717, 1.165) is 18.9 Å². The Balaban J connectivity index is 2.62. The van der Waals surface area contributed by atoms with Crippen LogP contribution in [0.15, 0.2) is 12.4 Å². The van der Waals surface area contributed by atoms with Gasteiger partial charge in [0.05, 0.1) is 12.4 Å². The van der Waals surface area contributed by atoms with Crippen molar-refractivity contribution in [3.63, 3.8) is 0 Å². The summed E-state index contributed by atoms with van der Waals surface area (Å²) < 4.78 is 0. The smallest absolute Gasteiger partial charge is 0.147 e. The Bertz CT molecular complexity index is 276. The second kappa shape index (κ2) is 7.04. The highest BCUT2D eigenvalue weighted by Crippen LogP contribution is 2.11.